The van der Waals surface area contributed by atoms with Crippen LogP contribution in [0.2, 0.25) is 0 Å². The van der Waals surface area contributed by atoms with Gasteiger partial charge in [0.15, 0.2) is 23.6 Å². The monoisotopic (exact) mass is 364 g/mol. The zero-order chi connectivity index (χ0) is 18.7. The van der Waals surface area contributed by atoms with Gasteiger partial charge in [0.1, 0.15) is 0 Å². The van der Waals surface area contributed by atoms with Crippen LogP contribution in [0.15, 0.2) is 36.4 Å². The summed E-state index contributed by atoms with van der Waals surface area (Å²) in [5.41, 5.74) is 0.413. The molecule has 3 rings (SSSR count). The second-order valence-corrected chi connectivity index (χ2v) is 6.73. The SMILES string of the molecule is CCCC1(F)COC(c2ccc(-c3ccc(CC)c(F)c3F)cc2)OC1. The van der Waals surface area contributed by atoms with Crippen molar-refractivity contribution < 1.29 is 22.6 Å². The van der Waals surface area contributed by atoms with Gasteiger partial charge < -0.3 is 9.47 Å². The first kappa shape index (κ1) is 18.9. The van der Waals surface area contributed by atoms with Crippen molar-refractivity contribution in [2.75, 3.05) is 13.2 Å². The predicted octanol–water partition coefficient (Wildman–Crippen LogP) is 5.75. The number of alkyl halides is 1. The molecule has 1 aliphatic rings. The molecule has 140 valence electrons. The van der Waals surface area contributed by atoms with Crippen molar-refractivity contribution in [2.45, 2.75) is 45.1 Å². The lowest BCUT2D eigenvalue weighted by molar-refractivity contribution is -0.238. The molecule has 5 heteroatoms. The fourth-order valence-electron chi connectivity index (χ4n) is 3.23. The molecule has 0 N–H and O–H groups in total. The van der Waals surface area contributed by atoms with Crippen LogP contribution in [0.3, 0.4) is 0 Å². The number of hydrogen-bond acceptors (Lipinski definition) is 2. The second kappa shape index (κ2) is 7.80. The van der Waals surface area contributed by atoms with E-state index >= 15 is 0 Å². The molecule has 26 heavy (non-hydrogen) atoms. The molecule has 0 unspecified atom stereocenters. The Balaban J connectivity index is 1.75. The van der Waals surface area contributed by atoms with Crippen LogP contribution in [0.25, 0.3) is 11.1 Å². The summed E-state index contributed by atoms with van der Waals surface area (Å²) in [6.07, 6.45) is 0.916. The maximum atomic E-state index is 14.4. The predicted molar refractivity (Wildman–Crippen MR) is 94.6 cm³/mol. The number of ether oxygens (including phenoxy) is 2. The zero-order valence-corrected chi connectivity index (χ0v) is 15.0. The van der Waals surface area contributed by atoms with Crippen LogP contribution < -0.4 is 0 Å². The third kappa shape index (κ3) is 3.79. The average molecular weight is 364 g/mol. The Labute approximate surface area is 151 Å². The lowest BCUT2D eigenvalue weighted by Gasteiger charge is -2.34. The Morgan fingerprint density at radius 1 is 0.962 bits per heavy atom. The molecule has 0 aromatic heterocycles. The van der Waals surface area contributed by atoms with Gasteiger partial charge in [0, 0.05) is 11.1 Å². The van der Waals surface area contributed by atoms with Gasteiger partial charge in [-0.2, -0.15) is 0 Å². The molecule has 0 saturated carbocycles. The second-order valence-electron chi connectivity index (χ2n) is 6.73. The molecule has 0 aliphatic carbocycles. The molecule has 0 spiro atoms. The first-order valence-electron chi connectivity index (χ1n) is 8.96. The fourth-order valence-corrected chi connectivity index (χ4v) is 3.23. The maximum absolute atomic E-state index is 14.4. The van der Waals surface area contributed by atoms with E-state index in [4.69, 9.17) is 9.47 Å². The van der Waals surface area contributed by atoms with Crippen LogP contribution in [-0.2, 0) is 15.9 Å². The molecule has 0 radical (unpaired) electrons. The highest BCUT2D eigenvalue weighted by Gasteiger charge is 2.36. The molecule has 2 aromatic carbocycles. The largest absolute Gasteiger partial charge is 0.345 e. The molecule has 2 nitrogen and oxygen atoms in total. The smallest absolute Gasteiger partial charge is 0.184 e. The first-order chi connectivity index (χ1) is 12.5. The lowest BCUT2D eigenvalue weighted by atomic mass is 9.99. The molecule has 0 amide bonds. The van der Waals surface area contributed by atoms with E-state index in [9.17, 15) is 13.2 Å². The molecule has 0 atom stereocenters. The molecule has 1 heterocycles. The number of hydrogen-bond donors (Lipinski definition) is 0. The topological polar surface area (TPSA) is 18.5 Å². The van der Waals surface area contributed by atoms with Gasteiger partial charge in [0.2, 0.25) is 0 Å². The minimum absolute atomic E-state index is 0.00836. The van der Waals surface area contributed by atoms with Gasteiger partial charge in [0.05, 0.1) is 13.2 Å². The molecular weight excluding hydrogens is 341 g/mol. The van der Waals surface area contributed by atoms with Crippen molar-refractivity contribution in [3.05, 3.63) is 59.2 Å². The number of aryl methyl sites for hydroxylation is 1. The van der Waals surface area contributed by atoms with E-state index in [1.165, 1.54) is 0 Å². The van der Waals surface area contributed by atoms with Crippen molar-refractivity contribution in [1.82, 2.24) is 0 Å². The van der Waals surface area contributed by atoms with Crippen molar-refractivity contribution in [3.8, 4) is 11.1 Å². The van der Waals surface area contributed by atoms with Gasteiger partial charge in [-0.25, -0.2) is 13.2 Å². The normalized spacial score (nSPS) is 23.2. The van der Waals surface area contributed by atoms with E-state index in [0.29, 0.717) is 24.0 Å². The van der Waals surface area contributed by atoms with E-state index in [-0.39, 0.29) is 18.8 Å². The maximum Gasteiger partial charge on any atom is 0.184 e. The molecule has 1 fully saturated rings. The van der Waals surface area contributed by atoms with Gasteiger partial charge in [-0.05, 0) is 24.0 Å². The minimum atomic E-state index is -1.44. The van der Waals surface area contributed by atoms with Gasteiger partial charge in [0.25, 0.3) is 0 Å². The molecular formula is C21H23F3O2. The third-order valence-corrected chi connectivity index (χ3v) is 4.72. The third-order valence-electron chi connectivity index (χ3n) is 4.72. The Hall–Kier alpha value is -1.85. The summed E-state index contributed by atoms with van der Waals surface area (Å²) in [4.78, 5) is 0. The Morgan fingerprint density at radius 3 is 2.19 bits per heavy atom. The average Bonchev–Trinajstić information content (AvgIpc) is 2.65. The summed E-state index contributed by atoms with van der Waals surface area (Å²) in [6, 6.07) is 10.0. The van der Waals surface area contributed by atoms with Gasteiger partial charge in [-0.15, -0.1) is 0 Å². The molecule has 0 bridgehead atoms. The number of halogens is 3. The Kier molecular flexibility index (Phi) is 5.68. The molecule has 1 saturated heterocycles. The minimum Gasteiger partial charge on any atom is -0.345 e. The van der Waals surface area contributed by atoms with E-state index in [1.54, 1.807) is 43.3 Å². The molecule has 1 aliphatic heterocycles. The van der Waals surface area contributed by atoms with Gasteiger partial charge in [-0.1, -0.05) is 56.7 Å². The number of rotatable bonds is 5. The summed E-state index contributed by atoms with van der Waals surface area (Å²) in [5, 5.41) is 0. The molecule has 2 aromatic rings. The standard InChI is InChI=1S/C21H23F3O2/c1-3-11-21(24)12-25-20(26-13-21)16-7-5-15(6-8-16)17-10-9-14(4-2)18(22)19(17)23/h5-10,20H,3-4,11-13H2,1-2H3. The highest BCUT2D eigenvalue weighted by Crippen LogP contribution is 2.33. The highest BCUT2D eigenvalue weighted by molar-refractivity contribution is 5.65. The summed E-state index contributed by atoms with van der Waals surface area (Å²) in [7, 11) is 0. The summed E-state index contributed by atoms with van der Waals surface area (Å²) >= 11 is 0. The summed E-state index contributed by atoms with van der Waals surface area (Å²) < 4.78 is 53.7. The van der Waals surface area contributed by atoms with E-state index < -0.39 is 23.6 Å². The lowest BCUT2D eigenvalue weighted by Crippen LogP contribution is -2.41. The van der Waals surface area contributed by atoms with Gasteiger partial charge in [-0.3, -0.25) is 0 Å². The van der Waals surface area contributed by atoms with Crippen LogP contribution >= 0.6 is 0 Å². The van der Waals surface area contributed by atoms with Crippen molar-refractivity contribution in [1.29, 1.82) is 0 Å². The Bertz CT molecular complexity index is 751. The van der Waals surface area contributed by atoms with E-state index in [2.05, 4.69) is 0 Å². The zero-order valence-electron chi connectivity index (χ0n) is 15.0. The van der Waals surface area contributed by atoms with Gasteiger partial charge >= 0.3 is 0 Å². The quantitative estimate of drug-likeness (QED) is 0.673. The summed E-state index contributed by atoms with van der Waals surface area (Å²) in [5.74, 6) is -1.65. The van der Waals surface area contributed by atoms with E-state index in [0.717, 1.165) is 12.0 Å². The van der Waals surface area contributed by atoms with Crippen molar-refractivity contribution in [3.63, 3.8) is 0 Å². The van der Waals surface area contributed by atoms with Crippen molar-refractivity contribution in [2.24, 2.45) is 0 Å². The fraction of sp³-hybridized carbons (Fsp3) is 0.429. The summed E-state index contributed by atoms with van der Waals surface area (Å²) in [6.45, 7) is 3.68. The van der Waals surface area contributed by atoms with Crippen LogP contribution in [0, 0.1) is 11.6 Å². The van der Waals surface area contributed by atoms with Crippen LogP contribution in [0.1, 0.15) is 44.1 Å². The highest BCUT2D eigenvalue weighted by atomic mass is 19.2. The van der Waals surface area contributed by atoms with Crippen LogP contribution in [0.5, 0.6) is 0 Å². The Morgan fingerprint density at radius 2 is 1.62 bits per heavy atom. The van der Waals surface area contributed by atoms with Crippen LogP contribution in [-0.4, -0.2) is 18.9 Å². The van der Waals surface area contributed by atoms with E-state index in [1.807, 2.05) is 6.92 Å². The first-order valence-corrected chi connectivity index (χ1v) is 8.96. The van der Waals surface area contributed by atoms with Crippen molar-refractivity contribution >= 4 is 0 Å². The van der Waals surface area contributed by atoms with Crippen LogP contribution in [0.4, 0.5) is 13.2 Å². The number of benzene rings is 2.